The van der Waals surface area contributed by atoms with Crippen LogP contribution in [0.25, 0.3) is 21.5 Å². The molecule has 2 aromatic carbocycles. The minimum Gasteiger partial charge on any atom is -0.366 e. The van der Waals surface area contributed by atoms with Crippen molar-refractivity contribution in [2.45, 2.75) is 13.0 Å². The number of aryl methyl sites for hydroxylation is 1. The third kappa shape index (κ3) is 3.12. The van der Waals surface area contributed by atoms with Crippen LogP contribution in [0.3, 0.4) is 0 Å². The predicted octanol–water partition coefficient (Wildman–Crippen LogP) is 5.28. The Hall–Kier alpha value is -3.10. The molecule has 0 amide bonds. The summed E-state index contributed by atoms with van der Waals surface area (Å²) in [7, 11) is 0. The lowest BCUT2D eigenvalue weighted by molar-refractivity contribution is 0.999. The third-order valence-corrected chi connectivity index (χ3v) is 5.18. The van der Waals surface area contributed by atoms with Gasteiger partial charge >= 0.3 is 0 Å². The number of anilines is 1. The van der Waals surface area contributed by atoms with Gasteiger partial charge in [0.15, 0.2) is 0 Å². The Labute approximate surface area is 149 Å². The van der Waals surface area contributed by atoms with E-state index >= 15 is 0 Å². The lowest BCUT2D eigenvalue weighted by Gasteiger charge is -2.14. The van der Waals surface area contributed by atoms with Crippen molar-refractivity contribution in [3.63, 3.8) is 0 Å². The zero-order chi connectivity index (χ0) is 17.2. The first kappa shape index (κ1) is 15.4. The molecule has 122 valence electrons. The van der Waals surface area contributed by atoms with E-state index in [1.807, 2.05) is 30.3 Å². The number of nitrogens with one attached hydrogen (secondary N) is 2. The summed E-state index contributed by atoms with van der Waals surface area (Å²) in [6, 6.07) is 20.2. The van der Waals surface area contributed by atoms with E-state index in [4.69, 9.17) is 0 Å². The van der Waals surface area contributed by atoms with Crippen LogP contribution in [0.5, 0.6) is 0 Å². The Bertz CT molecular complexity index is 1050. The molecule has 0 aliphatic rings. The molecule has 0 saturated carbocycles. The van der Waals surface area contributed by atoms with Crippen molar-refractivity contribution in [3.8, 4) is 16.5 Å². The fourth-order valence-electron chi connectivity index (χ4n) is 2.81. The van der Waals surface area contributed by atoms with E-state index in [0.29, 0.717) is 0 Å². The molecule has 0 fully saturated rings. The van der Waals surface area contributed by atoms with E-state index in [9.17, 15) is 5.26 Å². The summed E-state index contributed by atoms with van der Waals surface area (Å²) in [5.41, 5.74) is 4.88. The molecule has 25 heavy (non-hydrogen) atoms. The monoisotopic (exact) mass is 344 g/mol. The van der Waals surface area contributed by atoms with Crippen molar-refractivity contribution < 1.29 is 0 Å². The molecule has 4 nitrogen and oxygen atoms in total. The number of hydrogen-bond acceptors (Lipinski definition) is 4. The van der Waals surface area contributed by atoms with Gasteiger partial charge in [-0.05, 0) is 48.4 Å². The number of nitriles is 1. The lowest BCUT2D eigenvalue weighted by Crippen LogP contribution is -2.08. The largest absolute Gasteiger partial charge is 0.366 e. The van der Waals surface area contributed by atoms with Crippen molar-refractivity contribution in [2.75, 3.05) is 5.32 Å². The molecule has 0 radical (unpaired) electrons. The molecule has 2 N–H and O–H groups in total. The number of aromatic amines is 1. The molecule has 4 rings (SSSR count). The fraction of sp³-hybridized carbons (Fsp3) is 0.100. The van der Waals surface area contributed by atoms with E-state index in [0.717, 1.165) is 22.3 Å². The van der Waals surface area contributed by atoms with E-state index < -0.39 is 6.04 Å². The number of aromatic nitrogens is 2. The highest BCUT2D eigenvalue weighted by Crippen LogP contribution is 2.29. The Morgan fingerprint density at radius 3 is 2.68 bits per heavy atom. The lowest BCUT2D eigenvalue weighted by atomic mass is 10.0. The number of nitrogens with zero attached hydrogens (tertiary/aromatic N) is 2. The Morgan fingerprint density at radius 1 is 1.12 bits per heavy atom. The number of hydrogen-bond donors (Lipinski definition) is 2. The first-order chi connectivity index (χ1) is 12.2. The maximum Gasteiger partial charge on any atom is 0.140 e. The minimum absolute atomic E-state index is 0.403. The van der Waals surface area contributed by atoms with Gasteiger partial charge in [0, 0.05) is 15.4 Å². The smallest absolute Gasteiger partial charge is 0.140 e. The molecule has 0 bridgehead atoms. The molecule has 5 heteroatoms. The van der Waals surface area contributed by atoms with Crippen LogP contribution in [0.1, 0.15) is 16.5 Å². The first-order valence-electron chi connectivity index (χ1n) is 7.99. The molecular weight excluding hydrogens is 328 g/mol. The van der Waals surface area contributed by atoms with Gasteiger partial charge in [0.1, 0.15) is 6.04 Å². The van der Waals surface area contributed by atoms with Crippen LogP contribution in [-0.4, -0.2) is 9.97 Å². The molecule has 0 saturated heterocycles. The second-order valence-corrected chi connectivity index (χ2v) is 7.16. The summed E-state index contributed by atoms with van der Waals surface area (Å²) >= 11 is 1.78. The normalized spacial score (nSPS) is 12.0. The van der Waals surface area contributed by atoms with Gasteiger partial charge in [-0.2, -0.15) is 5.26 Å². The number of fused-ring (bicyclic) bond motifs is 1. The SMILES string of the molecule is Cc1ccc(-c2ccc(C(C#N)Nc3ccc4nc[nH]c4c3)cc2)s1. The van der Waals surface area contributed by atoms with Crippen LogP contribution in [0.15, 0.2) is 60.9 Å². The zero-order valence-corrected chi connectivity index (χ0v) is 14.5. The molecule has 1 unspecified atom stereocenters. The maximum absolute atomic E-state index is 9.57. The summed E-state index contributed by atoms with van der Waals surface area (Å²) in [4.78, 5) is 9.84. The molecule has 0 spiro atoms. The topological polar surface area (TPSA) is 64.5 Å². The Balaban J connectivity index is 1.57. The maximum atomic E-state index is 9.57. The van der Waals surface area contributed by atoms with Crippen LogP contribution < -0.4 is 5.32 Å². The highest BCUT2D eigenvalue weighted by molar-refractivity contribution is 7.15. The molecule has 2 aromatic heterocycles. The standard InChI is InChI=1S/C20H16N4S/c1-13-2-9-20(25-13)15-5-3-14(4-6-15)19(11-21)24-16-7-8-17-18(10-16)23-12-22-17/h2-10,12,19,24H,1H3,(H,22,23). The van der Waals surface area contributed by atoms with Crippen LogP contribution in [0, 0.1) is 18.3 Å². The highest BCUT2D eigenvalue weighted by Gasteiger charge is 2.11. The molecular formula is C20H16N4S. The second-order valence-electron chi connectivity index (χ2n) is 5.87. The summed E-state index contributed by atoms with van der Waals surface area (Å²) in [6.45, 7) is 2.11. The average molecular weight is 344 g/mol. The third-order valence-electron chi connectivity index (χ3n) is 4.13. The predicted molar refractivity (Wildman–Crippen MR) is 103 cm³/mol. The molecule has 0 aliphatic heterocycles. The quantitative estimate of drug-likeness (QED) is 0.529. The van der Waals surface area contributed by atoms with Gasteiger partial charge in [0.05, 0.1) is 23.4 Å². The number of rotatable bonds is 4. The highest BCUT2D eigenvalue weighted by atomic mass is 32.1. The van der Waals surface area contributed by atoms with E-state index in [1.54, 1.807) is 17.7 Å². The van der Waals surface area contributed by atoms with E-state index in [1.165, 1.54) is 15.3 Å². The summed E-state index contributed by atoms with van der Waals surface area (Å²) in [6.07, 6.45) is 1.67. The number of thiophene rings is 1. The summed E-state index contributed by atoms with van der Waals surface area (Å²) < 4.78 is 0. The Kier molecular flexibility index (Phi) is 3.96. The van der Waals surface area contributed by atoms with Crippen molar-refractivity contribution >= 4 is 28.1 Å². The van der Waals surface area contributed by atoms with Gasteiger partial charge < -0.3 is 10.3 Å². The van der Waals surface area contributed by atoms with Crippen LogP contribution in [0.4, 0.5) is 5.69 Å². The fourth-order valence-corrected chi connectivity index (χ4v) is 3.68. The van der Waals surface area contributed by atoms with Crippen molar-refractivity contribution in [1.82, 2.24) is 9.97 Å². The van der Waals surface area contributed by atoms with Crippen LogP contribution >= 0.6 is 11.3 Å². The van der Waals surface area contributed by atoms with E-state index in [-0.39, 0.29) is 0 Å². The zero-order valence-electron chi connectivity index (χ0n) is 13.7. The molecule has 1 atom stereocenters. The van der Waals surface area contributed by atoms with Gasteiger partial charge in [-0.1, -0.05) is 24.3 Å². The van der Waals surface area contributed by atoms with Gasteiger partial charge in [0.25, 0.3) is 0 Å². The first-order valence-corrected chi connectivity index (χ1v) is 8.80. The number of benzene rings is 2. The Morgan fingerprint density at radius 2 is 1.96 bits per heavy atom. The van der Waals surface area contributed by atoms with Crippen molar-refractivity contribution in [1.29, 1.82) is 5.26 Å². The van der Waals surface area contributed by atoms with E-state index in [2.05, 4.69) is 52.5 Å². The molecule has 4 aromatic rings. The molecule has 0 aliphatic carbocycles. The second kappa shape index (κ2) is 6.42. The van der Waals surface area contributed by atoms with Crippen LogP contribution in [-0.2, 0) is 0 Å². The summed E-state index contributed by atoms with van der Waals surface area (Å²) in [5.74, 6) is 0. The average Bonchev–Trinajstić information content (AvgIpc) is 3.28. The van der Waals surface area contributed by atoms with Gasteiger partial charge in [-0.15, -0.1) is 11.3 Å². The van der Waals surface area contributed by atoms with Crippen molar-refractivity contribution in [2.24, 2.45) is 0 Å². The summed E-state index contributed by atoms with van der Waals surface area (Å²) in [5, 5.41) is 12.9. The van der Waals surface area contributed by atoms with Gasteiger partial charge in [-0.25, -0.2) is 4.98 Å². The van der Waals surface area contributed by atoms with Gasteiger partial charge in [-0.3, -0.25) is 0 Å². The number of H-pyrrole nitrogens is 1. The molecule has 2 heterocycles. The number of imidazole rings is 1. The minimum atomic E-state index is -0.403. The van der Waals surface area contributed by atoms with Gasteiger partial charge in [0.2, 0.25) is 0 Å². The van der Waals surface area contributed by atoms with Crippen LogP contribution in [0.2, 0.25) is 0 Å². The van der Waals surface area contributed by atoms with Crippen molar-refractivity contribution in [3.05, 3.63) is 71.4 Å².